The highest BCUT2D eigenvalue weighted by Gasteiger charge is 2.25. The van der Waals surface area contributed by atoms with E-state index in [1.807, 2.05) is 6.07 Å². The number of hydrogen-bond donors (Lipinski definition) is 0. The Labute approximate surface area is 170 Å². The molecule has 0 atom stereocenters. The number of fused-ring (bicyclic) bond motifs is 1. The summed E-state index contributed by atoms with van der Waals surface area (Å²) in [5.41, 5.74) is 0.715. The van der Waals surface area contributed by atoms with Gasteiger partial charge in [-0.2, -0.15) is 0 Å². The first-order chi connectivity index (χ1) is 12.7. The number of methoxy groups -OCH3 is 3. The predicted molar refractivity (Wildman–Crippen MR) is 112 cm³/mol. The molecule has 0 fully saturated rings. The molecule has 0 aliphatic carbocycles. The first kappa shape index (κ1) is 19.8. The Kier molecular flexibility index (Phi) is 5.27. The van der Waals surface area contributed by atoms with Crippen molar-refractivity contribution in [2.24, 2.45) is 0 Å². The first-order valence-electron chi connectivity index (χ1n) is 8.28. The van der Waals surface area contributed by atoms with Crippen molar-refractivity contribution in [3.05, 3.63) is 38.0 Å². The van der Waals surface area contributed by atoms with Crippen molar-refractivity contribution >= 4 is 38.2 Å². The lowest BCUT2D eigenvalue weighted by atomic mass is 9.95. The Bertz CT molecular complexity index is 1060. The van der Waals surface area contributed by atoms with Gasteiger partial charge in [0.2, 0.25) is 5.75 Å². The molecule has 0 saturated carbocycles. The van der Waals surface area contributed by atoms with Crippen molar-refractivity contribution in [3.63, 3.8) is 0 Å². The molecule has 0 aliphatic heterocycles. The van der Waals surface area contributed by atoms with E-state index < -0.39 is 5.63 Å². The maximum Gasteiger partial charge on any atom is 0.383 e. The van der Waals surface area contributed by atoms with Gasteiger partial charge in [0, 0.05) is 15.3 Å². The van der Waals surface area contributed by atoms with E-state index >= 15 is 0 Å². The Balaban J connectivity index is 2.36. The average Bonchev–Trinajstić information content (AvgIpc) is 3.10. The zero-order valence-electron chi connectivity index (χ0n) is 16.1. The number of halogens is 1. The molecule has 1 aromatic carbocycles. The van der Waals surface area contributed by atoms with Gasteiger partial charge in [-0.25, -0.2) is 4.79 Å². The number of ether oxygens (including phenoxy) is 3. The quantitative estimate of drug-likeness (QED) is 0.481. The van der Waals surface area contributed by atoms with Crippen molar-refractivity contribution in [3.8, 4) is 27.7 Å². The Morgan fingerprint density at radius 3 is 2.15 bits per heavy atom. The summed E-state index contributed by atoms with van der Waals surface area (Å²) in [5, 5.41) is 0.541. The minimum atomic E-state index is -0.598. The van der Waals surface area contributed by atoms with Gasteiger partial charge in [0.1, 0.15) is 16.7 Å². The molecule has 144 valence electrons. The molecule has 0 saturated heterocycles. The van der Waals surface area contributed by atoms with E-state index in [0.29, 0.717) is 16.7 Å². The van der Waals surface area contributed by atoms with Gasteiger partial charge in [-0.3, -0.25) is 0 Å². The van der Waals surface area contributed by atoms with Crippen LogP contribution in [-0.2, 0) is 5.41 Å². The fourth-order valence-corrected chi connectivity index (χ4v) is 4.79. The zero-order valence-corrected chi connectivity index (χ0v) is 18.5. The molecule has 2 aromatic heterocycles. The van der Waals surface area contributed by atoms with Crippen LogP contribution in [0.5, 0.6) is 17.2 Å². The van der Waals surface area contributed by atoms with Crippen LogP contribution in [0.1, 0.15) is 25.6 Å². The first-order valence-corrected chi connectivity index (χ1v) is 9.89. The number of hydrogen-bond acceptors (Lipinski definition) is 6. The van der Waals surface area contributed by atoms with E-state index in [9.17, 15) is 4.79 Å². The van der Waals surface area contributed by atoms with Gasteiger partial charge < -0.3 is 18.6 Å². The van der Waals surface area contributed by atoms with Gasteiger partial charge in [0.05, 0.1) is 25.8 Å². The molecule has 2 heterocycles. The van der Waals surface area contributed by atoms with Crippen molar-refractivity contribution in [1.82, 2.24) is 0 Å². The Morgan fingerprint density at radius 2 is 1.63 bits per heavy atom. The smallest absolute Gasteiger partial charge is 0.383 e. The summed E-state index contributed by atoms with van der Waals surface area (Å²) in [5.74, 6) is 0.815. The summed E-state index contributed by atoms with van der Waals surface area (Å²) < 4.78 is 22.5. The topological polar surface area (TPSA) is 57.9 Å². The summed E-state index contributed by atoms with van der Waals surface area (Å²) in [6, 6.07) is 6.01. The van der Waals surface area contributed by atoms with Crippen LogP contribution in [-0.4, -0.2) is 21.3 Å². The molecule has 27 heavy (non-hydrogen) atoms. The second-order valence-electron chi connectivity index (χ2n) is 7.01. The standard InChI is InChI=1S/C20H21BrO5S/c1-20(2,3)13-8-7-12(27-13)10-9-11-14(16(23-4)15(10)21)17(24-5)18(25-6)19(22)26-11/h7-9H,1-6H3. The lowest BCUT2D eigenvalue weighted by Gasteiger charge is -2.16. The minimum Gasteiger partial charge on any atom is -0.495 e. The fourth-order valence-electron chi connectivity index (χ4n) is 2.89. The maximum absolute atomic E-state index is 12.3. The molecule has 0 bridgehead atoms. The molecule has 0 spiro atoms. The second kappa shape index (κ2) is 7.20. The third-order valence-corrected chi connectivity index (χ3v) is 6.56. The fraction of sp³-hybridized carbons (Fsp3) is 0.350. The summed E-state index contributed by atoms with van der Waals surface area (Å²) in [6.45, 7) is 6.53. The zero-order chi connectivity index (χ0) is 19.9. The largest absolute Gasteiger partial charge is 0.495 e. The molecule has 0 amide bonds. The number of thiophene rings is 1. The van der Waals surface area contributed by atoms with Gasteiger partial charge in [0.15, 0.2) is 5.75 Å². The highest BCUT2D eigenvalue weighted by molar-refractivity contribution is 9.10. The molecule has 0 unspecified atom stereocenters. The van der Waals surface area contributed by atoms with Gasteiger partial charge in [-0.15, -0.1) is 11.3 Å². The molecular formula is C20H21BrO5S. The number of rotatable bonds is 4. The van der Waals surface area contributed by atoms with E-state index in [1.54, 1.807) is 18.4 Å². The predicted octanol–water partition coefficient (Wildman–Crippen LogP) is 5.61. The number of benzene rings is 1. The SMILES string of the molecule is COc1c(OC)c2c(OC)c(Br)c(-c3ccc(C(C)(C)C)s3)cc2oc1=O. The monoisotopic (exact) mass is 452 g/mol. The molecule has 3 aromatic rings. The van der Waals surface area contributed by atoms with Gasteiger partial charge in [-0.1, -0.05) is 20.8 Å². The maximum atomic E-state index is 12.3. The molecule has 7 heteroatoms. The summed E-state index contributed by atoms with van der Waals surface area (Å²) in [7, 11) is 4.44. The Hall–Kier alpha value is -1.99. The summed E-state index contributed by atoms with van der Waals surface area (Å²) >= 11 is 5.35. The third-order valence-electron chi connectivity index (χ3n) is 4.23. The van der Waals surface area contributed by atoms with E-state index in [-0.39, 0.29) is 16.9 Å². The summed E-state index contributed by atoms with van der Waals surface area (Å²) in [6.07, 6.45) is 0. The van der Waals surface area contributed by atoms with Gasteiger partial charge in [0.25, 0.3) is 0 Å². The molecule has 0 radical (unpaired) electrons. The van der Waals surface area contributed by atoms with Crippen LogP contribution in [0.2, 0.25) is 0 Å². The molecule has 0 aliphatic rings. The van der Waals surface area contributed by atoms with Crippen molar-refractivity contribution < 1.29 is 18.6 Å². The molecule has 3 rings (SSSR count). The highest BCUT2D eigenvalue weighted by Crippen LogP contribution is 2.48. The van der Waals surface area contributed by atoms with E-state index in [2.05, 4.69) is 48.8 Å². The van der Waals surface area contributed by atoms with Crippen LogP contribution in [0.3, 0.4) is 0 Å². The minimum absolute atomic E-state index is 0.00842. The molecule has 0 N–H and O–H groups in total. The van der Waals surface area contributed by atoms with Crippen LogP contribution in [0.4, 0.5) is 0 Å². The summed E-state index contributed by atoms with van der Waals surface area (Å²) in [4.78, 5) is 14.6. The van der Waals surface area contributed by atoms with Crippen molar-refractivity contribution in [1.29, 1.82) is 0 Å². The van der Waals surface area contributed by atoms with E-state index in [0.717, 1.165) is 14.9 Å². The lowest BCUT2D eigenvalue weighted by molar-refractivity contribution is 0.336. The normalized spacial score (nSPS) is 11.7. The van der Waals surface area contributed by atoms with Gasteiger partial charge >= 0.3 is 5.63 Å². The highest BCUT2D eigenvalue weighted by atomic mass is 79.9. The van der Waals surface area contributed by atoms with Crippen LogP contribution in [0.15, 0.2) is 31.9 Å². The third kappa shape index (κ3) is 3.34. The molecule has 5 nitrogen and oxygen atoms in total. The van der Waals surface area contributed by atoms with Crippen molar-refractivity contribution in [2.45, 2.75) is 26.2 Å². The Morgan fingerprint density at radius 1 is 1.00 bits per heavy atom. The van der Waals surface area contributed by atoms with Crippen molar-refractivity contribution in [2.75, 3.05) is 21.3 Å². The van der Waals surface area contributed by atoms with Crippen LogP contribution in [0.25, 0.3) is 21.4 Å². The molecular weight excluding hydrogens is 432 g/mol. The lowest BCUT2D eigenvalue weighted by Crippen LogP contribution is -2.07. The van der Waals surface area contributed by atoms with Crippen LogP contribution >= 0.6 is 27.3 Å². The van der Waals surface area contributed by atoms with E-state index in [4.69, 9.17) is 18.6 Å². The van der Waals surface area contributed by atoms with Gasteiger partial charge in [-0.05, 0) is 39.5 Å². The average molecular weight is 453 g/mol. The van der Waals surface area contributed by atoms with Crippen LogP contribution in [0, 0.1) is 0 Å². The second-order valence-corrected chi connectivity index (χ2v) is 8.89. The van der Waals surface area contributed by atoms with E-state index in [1.165, 1.54) is 19.1 Å². The van der Waals surface area contributed by atoms with Crippen LogP contribution < -0.4 is 19.8 Å².